The summed E-state index contributed by atoms with van der Waals surface area (Å²) in [5, 5.41) is 1.08. The lowest BCUT2D eigenvalue weighted by molar-refractivity contribution is 0.101. The standard InChI is InChI=1S/C16H13N3O/c1-10-13(11(2)20)9-17-16(18-10)15-8-7-12-5-3-4-6-14(12)19-15/h3-9H,1-2H3. The molecule has 2 aromatic heterocycles. The number of Topliss-reactive ketones (excluding diaryl/α,β-unsaturated/α-hetero) is 1. The first-order chi connectivity index (χ1) is 9.65. The molecule has 0 atom stereocenters. The van der Waals surface area contributed by atoms with Crippen molar-refractivity contribution >= 4 is 16.7 Å². The van der Waals surface area contributed by atoms with Gasteiger partial charge >= 0.3 is 0 Å². The summed E-state index contributed by atoms with van der Waals surface area (Å²) >= 11 is 0. The number of hydrogen-bond donors (Lipinski definition) is 0. The van der Waals surface area contributed by atoms with Crippen LogP contribution in [0.5, 0.6) is 0 Å². The van der Waals surface area contributed by atoms with Gasteiger partial charge in [0.1, 0.15) is 5.69 Å². The smallest absolute Gasteiger partial charge is 0.178 e. The van der Waals surface area contributed by atoms with Gasteiger partial charge in [-0.3, -0.25) is 4.79 Å². The SMILES string of the molecule is CC(=O)c1cnc(-c2ccc3ccccc3n2)nc1C. The molecule has 0 aliphatic heterocycles. The lowest BCUT2D eigenvalue weighted by atomic mass is 10.1. The fourth-order valence-corrected chi connectivity index (χ4v) is 2.13. The second kappa shape index (κ2) is 4.81. The minimum atomic E-state index is -0.0273. The molecular weight excluding hydrogens is 250 g/mol. The average Bonchev–Trinajstić information content (AvgIpc) is 2.46. The number of benzene rings is 1. The predicted molar refractivity (Wildman–Crippen MR) is 77.5 cm³/mol. The van der Waals surface area contributed by atoms with E-state index in [1.165, 1.54) is 6.92 Å². The maximum Gasteiger partial charge on any atom is 0.178 e. The van der Waals surface area contributed by atoms with Crippen LogP contribution in [0.1, 0.15) is 23.0 Å². The molecule has 0 saturated heterocycles. The summed E-state index contributed by atoms with van der Waals surface area (Å²) in [6, 6.07) is 11.8. The largest absolute Gasteiger partial charge is 0.294 e. The van der Waals surface area contributed by atoms with E-state index in [1.807, 2.05) is 43.3 Å². The maximum atomic E-state index is 11.4. The van der Waals surface area contributed by atoms with Crippen molar-refractivity contribution in [1.29, 1.82) is 0 Å². The van der Waals surface area contributed by atoms with Crippen molar-refractivity contribution in [1.82, 2.24) is 15.0 Å². The van der Waals surface area contributed by atoms with Crippen LogP contribution in [-0.4, -0.2) is 20.7 Å². The molecule has 1 aromatic carbocycles. The van der Waals surface area contributed by atoms with Crippen molar-refractivity contribution < 1.29 is 4.79 Å². The van der Waals surface area contributed by atoms with Crippen LogP contribution >= 0.6 is 0 Å². The van der Waals surface area contributed by atoms with E-state index in [1.54, 1.807) is 6.20 Å². The number of aromatic nitrogens is 3. The van der Waals surface area contributed by atoms with Crippen molar-refractivity contribution in [2.24, 2.45) is 0 Å². The van der Waals surface area contributed by atoms with Crippen LogP contribution in [-0.2, 0) is 0 Å². The predicted octanol–water partition coefficient (Wildman–Crippen LogP) is 3.20. The Morgan fingerprint density at radius 3 is 2.60 bits per heavy atom. The maximum absolute atomic E-state index is 11.4. The molecule has 98 valence electrons. The van der Waals surface area contributed by atoms with Gasteiger partial charge in [0.05, 0.1) is 16.8 Å². The third-order valence-electron chi connectivity index (χ3n) is 3.19. The second-order valence-electron chi connectivity index (χ2n) is 4.64. The lowest BCUT2D eigenvalue weighted by Gasteiger charge is -2.05. The third kappa shape index (κ3) is 2.16. The number of hydrogen-bond acceptors (Lipinski definition) is 4. The molecule has 0 bridgehead atoms. The Labute approximate surface area is 116 Å². The van der Waals surface area contributed by atoms with Gasteiger partial charge in [-0.15, -0.1) is 0 Å². The number of aryl methyl sites for hydroxylation is 1. The number of carbonyl (C=O) groups excluding carboxylic acids is 1. The Morgan fingerprint density at radius 1 is 1.05 bits per heavy atom. The second-order valence-corrected chi connectivity index (χ2v) is 4.64. The molecule has 3 rings (SSSR count). The van der Waals surface area contributed by atoms with Gasteiger partial charge in [0, 0.05) is 11.6 Å². The first kappa shape index (κ1) is 12.4. The quantitative estimate of drug-likeness (QED) is 0.666. The molecule has 0 saturated carbocycles. The number of nitrogens with zero attached hydrogens (tertiary/aromatic N) is 3. The summed E-state index contributed by atoms with van der Waals surface area (Å²) < 4.78 is 0. The average molecular weight is 263 g/mol. The molecule has 0 N–H and O–H groups in total. The van der Waals surface area contributed by atoms with Gasteiger partial charge < -0.3 is 0 Å². The molecule has 2 heterocycles. The van der Waals surface area contributed by atoms with Crippen LogP contribution in [0.25, 0.3) is 22.4 Å². The summed E-state index contributed by atoms with van der Waals surface area (Å²) in [6.45, 7) is 3.32. The Morgan fingerprint density at radius 2 is 1.85 bits per heavy atom. The van der Waals surface area contributed by atoms with Gasteiger partial charge in [-0.25, -0.2) is 15.0 Å². The van der Waals surface area contributed by atoms with E-state index in [2.05, 4.69) is 15.0 Å². The highest BCUT2D eigenvalue weighted by Gasteiger charge is 2.10. The van der Waals surface area contributed by atoms with Crippen LogP contribution in [0.3, 0.4) is 0 Å². The van der Waals surface area contributed by atoms with Crippen LogP contribution in [0.15, 0.2) is 42.6 Å². The van der Waals surface area contributed by atoms with Crippen molar-refractivity contribution in [3.63, 3.8) is 0 Å². The molecule has 0 amide bonds. The van der Waals surface area contributed by atoms with E-state index in [9.17, 15) is 4.79 Å². The van der Waals surface area contributed by atoms with Gasteiger partial charge in [0.15, 0.2) is 11.6 Å². The van der Waals surface area contributed by atoms with Crippen LogP contribution in [0.2, 0.25) is 0 Å². The zero-order valence-electron chi connectivity index (χ0n) is 11.3. The molecule has 20 heavy (non-hydrogen) atoms. The van der Waals surface area contributed by atoms with Crippen LogP contribution in [0.4, 0.5) is 0 Å². The van der Waals surface area contributed by atoms with E-state index in [0.29, 0.717) is 22.8 Å². The number of ketones is 1. The summed E-state index contributed by atoms with van der Waals surface area (Å²) in [5.41, 5.74) is 2.84. The molecule has 0 aliphatic rings. The molecule has 4 nitrogen and oxygen atoms in total. The highest BCUT2D eigenvalue weighted by atomic mass is 16.1. The minimum Gasteiger partial charge on any atom is -0.294 e. The van der Waals surface area contributed by atoms with Crippen molar-refractivity contribution in [3.8, 4) is 11.5 Å². The first-order valence-electron chi connectivity index (χ1n) is 6.36. The lowest BCUT2D eigenvalue weighted by Crippen LogP contribution is -2.02. The molecule has 0 radical (unpaired) electrons. The van der Waals surface area contributed by atoms with E-state index in [0.717, 1.165) is 10.9 Å². The zero-order chi connectivity index (χ0) is 14.1. The highest BCUT2D eigenvalue weighted by molar-refractivity contribution is 5.94. The van der Waals surface area contributed by atoms with Crippen molar-refractivity contribution in [3.05, 3.63) is 53.9 Å². The normalized spacial score (nSPS) is 10.7. The van der Waals surface area contributed by atoms with E-state index >= 15 is 0 Å². The zero-order valence-corrected chi connectivity index (χ0v) is 11.3. The number of carbonyl (C=O) groups is 1. The van der Waals surface area contributed by atoms with Gasteiger partial charge in [-0.1, -0.05) is 24.3 Å². The van der Waals surface area contributed by atoms with Crippen LogP contribution < -0.4 is 0 Å². The van der Waals surface area contributed by atoms with Gasteiger partial charge in [-0.2, -0.15) is 0 Å². The van der Waals surface area contributed by atoms with E-state index < -0.39 is 0 Å². The topological polar surface area (TPSA) is 55.7 Å². The molecule has 0 unspecified atom stereocenters. The number of para-hydroxylation sites is 1. The fraction of sp³-hybridized carbons (Fsp3) is 0.125. The Kier molecular flexibility index (Phi) is 2.99. The van der Waals surface area contributed by atoms with Gasteiger partial charge in [0.2, 0.25) is 0 Å². The molecule has 0 aliphatic carbocycles. The first-order valence-corrected chi connectivity index (χ1v) is 6.36. The summed E-state index contributed by atoms with van der Waals surface area (Å²) in [6.07, 6.45) is 1.57. The molecule has 0 fully saturated rings. The molecule has 0 spiro atoms. The number of pyridine rings is 1. The summed E-state index contributed by atoms with van der Waals surface area (Å²) in [4.78, 5) is 24.6. The minimum absolute atomic E-state index is 0.0273. The van der Waals surface area contributed by atoms with Gasteiger partial charge in [0.25, 0.3) is 0 Å². The molecular formula is C16H13N3O. The Bertz CT molecular complexity index is 812. The summed E-state index contributed by atoms with van der Waals surface area (Å²) in [5.74, 6) is 0.513. The van der Waals surface area contributed by atoms with Gasteiger partial charge in [-0.05, 0) is 26.0 Å². The van der Waals surface area contributed by atoms with Crippen molar-refractivity contribution in [2.75, 3.05) is 0 Å². The number of rotatable bonds is 2. The monoisotopic (exact) mass is 263 g/mol. The fourth-order valence-electron chi connectivity index (χ4n) is 2.13. The summed E-state index contributed by atoms with van der Waals surface area (Å²) in [7, 11) is 0. The highest BCUT2D eigenvalue weighted by Crippen LogP contribution is 2.18. The third-order valence-corrected chi connectivity index (χ3v) is 3.19. The van der Waals surface area contributed by atoms with Crippen molar-refractivity contribution in [2.45, 2.75) is 13.8 Å². The van der Waals surface area contributed by atoms with E-state index in [4.69, 9.17) is 0 Å². The van der Waals surface area contributed by atoms with E-state index in [-0.39, 0.29) is 5.78 Å². The molecule has 4 heteroatoms. The Hall–Kier alpha value is -2.62. The Balaban J connectivity index is 2.11. The van der Waals surface area contributed by atoms with Crippen LogP contribution in [0, 0.1) is 6.92 Å². The molecule has 3 aromatic rings. The number of fused-ring (bicyclic) bond motifs is 1.